The topological polar surface area (TPSA) is 71.2 Å². The molecule has 1 spiro atoms. The standard InChI is InChI=1S/C24H23ClN4O2/c1-16-4-7-21(19(25)9-16)29-14-24(31-23(29)30)8-2-3-18(11-24)13-28-15-27-20-6-5-17(12-26)10-22(20)28/h4-7,9-10,15,18H,2-3,8,11,13-14H2,1H3/t18-,24-/m0/s1. The summed E-state index contributed by atoms with van der Waals surface area (Å²) >= 11 is 6.42. The van der Waals surface area contributed by atoms with Crippen molar-refractivity contribution in [3.05, 3.63) is 58.9 Å². The largest absolute Gasteiger partial charge is 0.441 e. The number of carbonyl (C=O) groups excluding carboxylic acids is 1. The molecular formula is C24H23ClN4O2. The van der Waals surface area contributed by atoms with Crippen LogP contribution in [0.15, 0.2) is 42.7 Å². The number of rotatable bonds is 3. The van der Waals surface area contributed by atoms with Gasteiger partial charge in [-0.15, -0.1) is 0 Å². The lowest BCUT2D eigenvalue weighted by Gasteiger charge is -2.36. The summed E-state index contributed by atoms with van der Waals surface area (Å²) in [6.07, 6.45) is 5.25. The normalized spacial score (nSPS) is 23.3. The number of hydrogen-bond donors (Lipinski definition) is 0. The third-order valence-electron chi connectivity index (χ3n) is 6.47. The molecule has 2 aromatic carbocycles. The molecule has 0 bridgehead atoms. The number of carbonyl (C=O) groups is 1. The molecule has 3 aromatic rings. The van der Waals surface area contributed by atoms with E-state index in [4.69, 9.17) is 16.3 Å². The molecule has 1 amide bonds. The summed E-state index contributed by atoms with van der Waals surface area (Å²) in [5.41, 5.74) is 3.77. The monoisotopic (exact) mass is 434 g/mol. The quantitative estimate of drug-likeness (QED) is 0.549. The van der Waals surface area contributed by atoms with Crippen LogP contribution in [0.3, 0.4) is 0 Å². The molecule has 0 radical (unpaired) electrons. The maximum Gasteiger partial charge on any atom is 0.415 e. The van der Waals surface area contributed by atoms with Crippen LogP contribution in [-0.4, -0.2) is 27.8 Å². The van der Waals surface area contributed by atoms with E-state index in [1.165, 1.54) is 0 Å². The van der Waals surface area contributed by atoms with Gasteiger partial charge in [0.15, 0.2) is 0 Å². The third kappa shape index (κ3) is 3.64. The van der Waals surface area contributed by atoms with Crippen LogP contribution < -0.4 is 4.90 Å². The summed E-state index contributed by atoms with van der Waals surface area (Å²) in [7, 11) is 0. The zero-order valence-electron chi connectivity index (χ0n) is 17.3. The zero-order valence-corrected chi connectivity index (χ0v) is 18.1. The lowest BCUT2D eigenvalue weighted by atomic mass is 9.78. The van der Waals surface area contributed by atoms with E-state index in [-0.39, 0.29) is 6.09 Å². The smallest absolute Gasteiger partial charge is 0.415 e. The molecule has 31 heavy (non-hydrogen) atoms. The Hall–Kier alpha value is -3.04. The summed E-state index contributed by atoms with van der Waals surface area (Å²) in [5, 5.41) is 9.79. The van der Waals surface area contributed by atoms with Crippen molar-refractivity contribution in [2.24, 2.45) is 5.92 Å². The lowest BCUT2D eigenvalue weighted by molar-refractivity contribution is 0.00439. The molecule has 2 atom stereocenters. The van der Waals surface area contributed by atoms with Gasteiger partial charge in [-0.3, -0.25) is 4.90 Å². The van der Waals surface area contributed by atoms with E-state index in [0.29, 0.717) is 28.7 Å². The zero-order chi connectivity index (χ0) is 21.6. The first-order valence-corrected chi connectivity index (χ1v) is 11.0. The molecule has 1 aliphatic heterocycles. The highest BCUT2D eigenvalue weighted by Crippen LogP contribution is 2.43. The average Bonchev–Trinajstić information content (AvgIpc) is 3.28. The van der Waals surface area contributed by atoms with Gasteiger partial charge in [-0.1, -0.05) is 17.7 Å². The fourth-order valence-corrected chi connectivity index (χ4v) is 5.36. The molecule has 1 aromatic heterocycles. The van der Waals surface area contributed by atoms with Crippen LogP contribution in [-0.2, 0) is 11.3 Å². The van der Waals surface area contributed by atoms with Crippen LogP contribution in [0, 0.1) is 24.2 Å². The van der Waals surface area contributed by atoms with Gasteiger partial charge in [-0.25, -0.2) is 9.78 Å². The minimum Gasteiger partial charge on any atom is -0.441 e. The maximum atomic E-state index is 12.8. The fourth-order valence-electron chi connectivity index (χ4n) is 5.02. The van der Waals surface area contributed by atoms with Gasteiger partial charge in [-0.05, 0) is 74.4 Å². The number of halogens is 1. The predicted molar refractivity (Wildman–Crippen MR) is 119 cm³/mol. The van der Waals surface area contributed by atoms with Crippen LogP contribution in [0.4, 0.5) is 10.5 Å². The summed E-state index contributed by atoms with van der Waals surface area (Å²) in [5.74, 6) is 0.359. The van der Waals surface area contributed by atoms with Gasteiger partial charge in [-0.2, -0.15) is 5.26 Å². The van der Waals surface area contributed by atoms with Crippen LogP contribution >= 0.6 is 11.6 Å². The molecule has 0 unspecified atom stereocenters. The Balaban J connectivity index is 1.36. The number of imidazole rings is 1. The lowest BCUT2D eigenvalue weighted by Crippen LogP contribution is -2.40. The van der Waals surface area contributed by atoms with Gasteiger partial charge in [0.1, 0.15) is 5.60 Å². The number of hydrogen-bond acceptors (Lipinski definition) is 4. The predicted octanol–water partition coefficient (Wildman–Crippen LogP) is 5.46. The SMILES string of the molecule is Cc1ccc(N2C[C@@]3(CCC[C@H](Cn4cnc5ccc(C#N)cc54)C3)OC2=O)c(Cl)c1. The van der Waals surface area contributed by atoms with E-state index in [1.54, 1.807) is 11.0 Å². The van der Waals surface area contributed by atoms with E-state index in [1.807, 2.05) is 43.6 Å². The Morgan fingerprint density at radius 3 is 3.00 bits per heavy atom. The van der Waals surface area contributed by atoms with Crippen molar-refractivity contribution in [2.45, 2.75) is 44.8 Å². The third-order valence-corrected chi connectivity index (χ3v) is 6.78. The molecule has 0 N–H and O–H groups in total. The number of aromatic nitrogens is 2. The summed E-state index contributed by atoms with van der Waals surface area (Å²) in [6, 6.07) is 13.5. The maximum absolute atomic E-state index is 12.8. The Morgan fingerprint density at radius 1 is 1.32 bits per heavy atom. The minimum absolute atomic E-state index is 0.321. The second-order valence-electron chi connectivity index (χ2n) is 8.77. The van der Waals surface area contributed by atoms with Gasteiger partial charge in [0.05, 0.1) is 46.2 Å². The van der Waals surface area contributed by atoms with Crippen LogP contribution in [0.25, 0.3) is 11.0 Å². The van der Waals surface area contributed by atoms with Crippen molar-refractivity contribution in [1.29, 1.82) is 5.26 Å². The molecule has 1 saturated heterocycles. The molecule has 158 valence electrons. The highest BCUT2D eigenvalue weighted by atomic mass is 35.5. The first-order valence-electron chi connectivity index (χ1n) is 10.6. The number of benzene rings is 2. The van der Waals surface area contributed by atoms with E-state index >= 15 is 0 Å². The number of amides is 1. The average molecular weight is 435 g/mol. The molecule has 2 heterocycles. The molecular weight excluding hydrogens is 412 g/mol. The molecule has 1 saturated carbocycles. The van der Waals surface area contributed by atoms with Crippen molar-refractivity contribution in [3.63, 3.8) is 0 Å². The highest BCUT2D eigenvalue weighted by Gasteiger charge is 2.48. The van der Waals surface area contributed by atoms with Crippen LogP contribution in [0.5, 0.6) is 0 Å². The second kappa shape index (κ2) is 7.58. The molecule has 2 fully saturated rings. The Kier molecular flexibility index (Phi) is 4.86. The van der Waals surface area contributed by atoms with Crippen molar-refractivity contribution >= 4 is 34.4 Å². The van der Waals surface area contributed by atoms with Gasteiger partial charge in [0, 0.05) is 6.54 Å². The molecule has 6 nitrogen and oxygen atoms in total. The Labute approximate surface area is 186 Å². The molecule has 5 rings (SSSR count). The Bertz CT molecular complexity index is 1210. The first kappa shape index (κ1) is 19.9. The van der Waals surface area contributed by atoms with E-state index < -0.39 is 5.60 Å². The summed E-state index contributed by atoms with van der Waals surface area (Å²) in [4.78, 5) is 18.9. The number of anilines is 1. The molecule has 2 aliphatic rings. The minimum atomic E-state index is -0.484. The fraction of sp³-hybridized carbons (Fsp3) is 0.375. The van der Waals surface area contributed by atoms with Crippen LogP contribution in [0.2, 0.25) is 5.02 Å². The number of nitriles is 1. The van der Waals surface area contributed by atoms with Gasteiger partial charge in [0.25, 0.3) is 0 Å². The number of ether oxygens (including phenoxy) is 1. The second-order valence-corrected chi connectivity index (χ2v) is 9.17. The number of nitrogens with zero attached hydrogens (tertiary/aromatic N) is 4. The van der Waals surface area contributed by atoms with Crippen LogP contribution in [0.1, 0.15) is 36.8 Å². The number of fused-ring (bicyclic) bond motifs is 1. The van der Waals surface area contributed by atoms with E-state index in [2.05, 4.69) is 15.6 Å². The number of aryl methyl sites for hydroxylation is 1. The highest BCUT2D eigenvalue weighted by molar-refractivity contribution is 6.33. The Morgan fingerprint density at radius 2 is 2.19 bits per heavy atom. The molecule has 1 aliphatic carbocycles. The van der Waals surface area contributed by atoms with Gasteiger partial charge in [0.2, 0.25) is 0 Å². The van der Waals surface area contributed by atoms with Crippen molar-refractivity contribution in [2.75, 3.05) is 11.4 Å². The van der Waals surface area contributed by atoms with Crippen molar-refractivity contribution in [3.8, 4) is 6.07 Å². The summed E-state index contributed by atoms with van der Waals surface area (Å²) in [6.45, 7) is 3.29. The summed E-state index contributed by atoms with van der Waals surface area (Å²) < 4.78 is 8.09. The molecule has 7 heteroatoms. The van der Waals surface area contributed by atoms with E-state index in [0.717, 1.165) is 48.8 Å². The van der Waals surface area contributed by atoms with Gasteiger partial charge >= 0.3 is 6.09 Å². The van der Waals surface area contributed by atoms with Gasteiger partial charge < -0.3 is 9.30 Å². The first-order chi connectivity index (χ1) is 15.0. The van der Waals surface area contributed by atoms with Crippen molar-refractivity contribution < 1.29 is 9.53 Å². The van der Waals surface area contributed by atoms with E-state index in [9.17, 15) is 10.1 Å². The van der Waals surface area contributed by atoms with Crippen molar-refractivity contribution in [1.82, 2.24) is 9.55 Å².